The van der Waals surface area contributed by atoms with Crippen molar-refractivity contribution in [3.63, 3.8) is 0 Å². The number of hydrogen-bond donors (Lipinski definition) is 2. The fourth-order valence-corrected chi connectivity index (χ4v) is 2.69. The number of rotatable bonds is 4. The van der Waals surface area contributed by atoms with E-state index in [0.717, 1.165) is 38.0 Å². The van der Waals surface area contributed by atoms with Crippen molar-refractivity contribution < 1.29 is 4.79 Å². The van der Waals surface area contributed by atoms with Gasteiger partial charge in [0.25, 0.3) is 0 Å². The van der Waals surface area contributed by atoms with Gasteiger partial charge in [-0.2, -0.15) is 0 Å². The van der Waals surface area contributed by atoms with Crippen LogP contribution in [0.2, 0.25) is 0 Å². The van der Waals surface area contributed by atoms with Gasteiger partial charge in [-0.25, -0.2) is 4.79 Å². The summed E-state index contributed by atoms with van der Waals surface area (Å²) in [5.41, 5.74) is 7.63. The van der Waals surface area contributed by atoms with Gasteiger partial charge in [-0.3, -0.25) is 0 Å². The van der Waals surface area contributed by atoms with Crippen LogP contribution in [0.3, 0.4) is 0 Å². The van der Waals surface area contributed by atoms with E-state index in [4.69, 9.17) is 5.73 Å². The highest BCUT2D eigenvalue weighted by Gasteiger charge is 2.20. The zero-order chi connectivity index (χ0) is 14.4. The van der Waals surface area contributed by atoms with Gasteiger partial charge in [0.05, 0.1) is 0 Å². The minimum absolute atomic E-state index is 0.0209. The van der Waals surface area contributed by atoms with Crippen LogP contribution in [0, 0.1) is 5.92 Å². The van der Waals surface area contributed by atoms with Crippen LogP contribution >= 0.6 is 0 Å². The average Bonchev–Trinajstić information content (AvgIpc) is 2.45. The van der Waals surface area contributed by atoms with Gasteiger partial charge in [0.15, 0.2) is 0 Å². The Morgan fingerprint density at radius 1 is 1.50 bits per heavy atom. The molecule has 3 N–H and O–H groups in total. The van der Waals surface area contributed by atoms with Gasteiger partial charge in [0, 0.05) is 18.8 Å². The van der Waals surface area contributed by atoms with Crippen LogP contribution in [0.4, 0.5) is 10.5 Å². The van der Waals surface area contributed by atoms with Crippen molar-refractivity contribution in [3.8, 4) is 0 Å². The van der Waals surface area contributed by atoms with E-state index in [1.54, 1.807) is 0 Å². The maximum atomic E-state index is 12.2. The van der Waals surface area contributed by atoms with E-state index in [1.165, 1.54) is 12.0 Å². The average molecular weight is 275 g/mol. The second-order valence-electron chi connectivity index (χ2n) is 5.72. The highest BCUT2D eigenvalue weighted by atomic mass is 16.2. The summed E-state index contributed by atoms with van der Waals surface area (Å²) >= 11 is 0. The van der Waals surface area contributed by atoms with Crippen LogP contribution in [0.5, 0.6) is 0 Å². The van der Waals surface area contributed by atoms with Crippen LogP contribution in [-0.4, -0.2) is 30.6 Å². The topological polar surface area (TPSA) is 58.4 Å². The molecular weight excluding hydrogens is 250 g/mol. The van der Waals surface area contributed by atoms with Crippen molar-refractivity contribution in [3.05, 3.63) is 29.8 Å². The number of aryl methyl sites for hydroxylation is 1. The summed E-state index contributed by atoms with van der Waals surface area (Å²) < 4.78 is 0. The first-order chi connectivity index (χ1) is 9.69. The van der Waals surface area contributed by atoms with Crippen LogP contribution in [0.1, 0.15) is 31.7 Å². The van der Waals surface area contributed by atoms with Crippen molar-refractivity contribution in [1.29, 1.82) is 0 Å². The number of likely N-dealkylation sites (tertiary alicyclic amines) is 1. The Bertz CT molecular complexity index is 447. The second kappa shape index (κ2) is 7.29. The standard InChI is InChI=1S/C16H25N3O/c1-13-5-4-10-19(12-13)16(20)18-15-8-2-6-14(11-15)7-3-9-17/h2,6,8,11,13H,3-5,7,9-10,12,17H2,1H3,(H,18,20). The van der Waals surface area contributed by atoms with Crippen molar-refractivity contribution in [1.82, 2.24) is 4.90 Å². The summed E-state index contributed by atoms with van der Waals surface area (Å²) in [4.78, 5) is 14.2. The molecule has 110 valence electrons. The zero-order valence-corrected chi connectivity index (χ0v) is 12.3. The van der Waals surface area contributed by atoms with Gasteiger partial charge in [-0.1, -0.05) is 19.1 Å². The maximum absolute atomic E-state index is 12.2. The lowest BCUT2D eigenvalue weighted by Crippen LogP contribution is -2.41. The molecule has 1 unspecified atom stereocenters. The molecule has 0 bridgehead atoms. The Balaban J connectivity index is 1.93. The van der Waals surface area contributed by atoms with Crippen molar-refractivity contribution in [2.75, 3.05) is 25.0 Å². The Labute approximate surface area is 121 Å². The van der Waals surface area contributed by atoms with E-state index in [9.17, 15) is 4.79 Å². The predicted molar refractivity (Wildman–Crippen MR) is 82.8 cm³/mol. The van der Waals surface area contributed by atoms with Crippen molar-refractivity contribution >= 4 is 11.7 Å². The number of anilines is 1. The number of benzene rings is 1. The van der Waals surface area contributed by atoms with Crippen molar-refractivity contribution in [2.24, 2.45) is 11.7 Å². The minimum Gasteiger partial charge on any atom is -0.330 e. The highest BCUT2D eigenvalue weighted by Crippen LogP contribution is 2.18. The first-order valence-corrected chi connectivity index (χ1v) is 7.54. The number of carbonyl (C=O) groups excluding carboxylic acids is 1. The summed E-state index contributed by atoms with van der Waals surface area (Å²) in [7, 11) is 0. The molecule has 1 aromatic rings. The summed E-state index contributed by atoms with van der Waals surface area (Å²) in [6.45, 7) is 4.62. The molecule has 0 saturated carbocycles. The first kappa shape index (κ1) is 14.9. The Hall–Kier alpha value is -1.55. The number of urea groups is 1. The summed E-state index contributed by atoms with van der Waals surface area (Å²) in [5, 5.41) is 3.00. The van der Waals surface area contributed by atoms with E-state index >= 15 is 0 Å². The van der Waals surface area contributed by atoms with E-state index < -0.39 is 0 Å². The van der Waals surface area contributed by atoms with Crippen molar-refractivity contribution in [2.45, 2.75) is 32.6 Å². The number of amides is 2. The Morgan fingerprint density at radius 3 is 3.10 bits per heavy atom. The lowest BCUT2D eigenvalue weighted by atomic mass is 10.0. The van der Waals surface area contributed by atoms with Gasteiger partial charge in [-0.05, 0) is 55.8 Å². The third-order valence-electron chi connectivity index (χ3n) is 3.79. The zero-order valence-electron chi connectivity index (χ0n) is 12.3. The van der Waals surface area contributed by atoms with Gasteiger partial charge < -0.3 is 16.0 Å². The fourth-order valence-electron chi connectivity index (χ4n) is 2.69. The lowest BCUT2D eigenvalue weighted by Gasteiger charge is -2.31. The third-order valence-corrected chi connectivity index (χ3v) is 3.79. The number of piperidine rings is 1. The third kappa shape index (κ3) is 4.23. The molecule has 0 spiro atoms. The van der Waals surface area contributed by atoms with E-state index in [2.05, 4.69) is 18.3 Å². The molecule has 1 saturated heterocycles. The summed E-state index contributed by atoms with van der Waals surface area (Å²) in [6.07, 6.45) is 4.26. The van der Waals surface area contributed by atoms with Gasteiger partial charge >= 0.3 is 6.03 Å². The quantitative estimate of drug-likeness (QED) is 0.887. The molecule has 0 aliphatic carbocycles. The van der Waals surface area contributed by atoms with Crippen LogP contribution < -0.4 is 11.1 Å². The SMILES string of the molecule is CC1CCCN(C(=O)Nc2cccc(CCCN)c2)C1. The number of nitrogens with two attached hydrogens (primary N) is 1. The number of hydrogen-bond acceptors (Lipinski definition) is 2. The van der Waals surface area contributed by atoms with Gasteiger partial charge in [-0.15, -0.1) is 0 Å². The number of nitrogens with one attached hydrogen (secondary N) is 1. The van der Waals surface area contributed by atoms with E-state index in [0.29, 0.717) is 12.5 Å². The molecule has 1 heterocycles. The smallest absolute Gasteiger partial charge is 0.321 e. The molecule has 4 heteroatoms. The fraction of sp³-hybridized carbons (Fsp3) is 0.562. The molecule has 2 amide bonds. The molecule has 0 radical (unpaired) electrons. The van der Waals surface area contributed by atoms with Gasteiger partial charge in [0.2, 0.25) is 0 Å². The minimum atomic E-state index is 0.0209. The molecule has 1 aliphatic rings. The van der Waals surface area contributed by atoms with Crippen LogP contribution in [0.15, 0.2) is 24.3 Å². The monoisotopic (exact) mass is 275 g/mol. The lowest BCUT2D eigenvalue weighted by molar-refractivity contribution is 0.182. The molecule has 1 atom stereocenters. The molecule has 20 heavy (non-hydrogen) atoms. The predicted octanol–water partition coefficient (Wildman–Crippen LogP) is 2.84. The maximum Gasteiger partial charge on any atom is 0.321 e. The normalized spacial score (nSPS) is 18.9. The van der Waals surface area contributed by atoms with Gasteiger partial charge in [0.1, 0.15) is 0 Å². The molecule has 1 aliphatic heterocycles. The number of nitrogens with zero attached hydrogens (tertiary/aromatic N) is 1. The van der Waals surface area contributed by atoms with E-state index in [-0.39, 0.29) is 6.03 Å². The molecule has 0 aromatic heterocycles. The Morgan fingerprint density at radius 2 is 2.35 bits per heavy atom. The van der Waals surface area contributed by atoms with E-state index in [1.807, 2.05) is 23.1 Å². The summed E-state index contributed by atoms with van der Waals surface area (Å²) in [6, 6.07) is 8.07. The van der Waals surface area contributed by atoms with Crippen LogP contribution in [0.25, 0.3) is 0 Å². The Kier molecular flexibility index (Phi) is 5.41. The molecule has 1 aromatic carbocycles. The molecular formula is C16H25N3O. The second-order valence-corrected chi connectivity index (χ2v) is 5.72. The number of carbonyl (C=O) groups is 1. The van der Waals surface area contributed by atoms with Crippen LogP contribution in [-0.2, 0) is 6.42 Å². The molecule has 2 rings (SSSR count). The highest BCUT2D eigenvalue weighted by molar-refractivity contribution is 5.89. The molecule has 4 nitrogen and oxygen atoms in total. The first-order valence-electron chi connectivity index (χ1n) is 7.54. The summed E-state index contributed by atoms with van der Waals surface area (Å²) in [5.74, 6) is 0.602. The largest absolute Gasteiger partial charge is 0.330 e. The molecule has 1 fully saturated rings.